The molecule has 0 heterocycles. The van der Waals surface area contributed by atoms with Gasteiger partial charge in [0.25, 0.3) is 5.91 Å². The Labute approximate surface area is 96.7 Å². The molecule has 0 fully saturated rings. The largest absolute Gasteiger partial charge is 0.493 e. The summed E-state index contributed by atoms with van der Waals surface area (Å²) < 4.78 is 6.19. The second kappa shape index (κ2) is 5.72. The van der Waals surface area contributed by atoms with E-state index in [0.29, 0.717) is 24.5 Å². The lowest BCUT2D eigenvalue weighted by atomic mass is 10.2. The van der Waals surface area contributed by atoms with Crippen molar-refractivity contribution < 1.29 is 9.53 Å². The molecule has 0 spiro atoms. The molecule has 1 amide bonds. The van der Waals surface area contributed by atoms with Gasteiger partial charge in [0, 0.05) is 4.47 Å². The molecule has 82 valence electrons. The van der Waals surface area contributed by atoms with Gasteiger partial charge in [-0.05, 0) is 31.2 Å². The van der Waals surface area contributed by atoms with E-state index in [0.717, 1.165) is 10.9 Å². The average molecular weight is 273 g/mol. The molecule has 0 bridgehead atoms. The van der Waals surface area contributed by atoms with Gasteiger partial charge < -0.3 is 16.2 Å². The molecule has 4 nitrogen and oxygen atoms in total. The van der Waals surface area contributed by atoms with Crippen LogP contribution in [0.25, 0.3) is 0 Å². The Morgan fingerprint density at radius 2 is 2.20 bits per heavy atom. The molecular weight excluding hydrogens is 260 g/mol. The quantitative estimate of drug-likeness (QED) is 0.793. The van der Waals surface area contributed by atoms with Gasteiger partial charge in [0.1, 0.15) is 5.75 Å². The van der Waals surface area contributed by atoms with E-state index >= 15 is 0 Å². The van der Waals surface area contributed by atoms with Crippen molar-refractivity contribution in [1.29, 1.82) is 0 Å². The molecule has 0 aliphatic carbocycles. The highest BCUT2D eigenvalue weighted by Gasteiger charge is 2.09. The van der Waals surface area contributed by atoms with Crippen LogP contribution >= 0.6 is 15.9 Å². The van der Waals surface area contributed by atoms with Crippen molar-refractivity contribution >= 4 is 21.8 Å². The van der Waals surface area contributed by atoms with Crippen molar-refractivity contribution in [2.24, 2.45) is 11.5 Å². The van der Waals surface area contributed by atoms with E-state index in [1.54, 1.807) is 18.2 Å². The van der Waals surface area contributed by atoms with Gasteiger partial charge in [-0.2, -0.15) is 0 Å². The highest BCUT2D eigenvalue weighted by molar-refractivity contribution is 9.10. The SMILES string of the molecule is NCCCOc1ccc(Br)cc1C(N)=O. The van der Waals surface area contributed by atoms with Crippen LogP contribution in [-0.4, -0.2) is 19.1 Å². The Balaban J connectivity index is 2.81. The Kier molecular flexibility index (Phi) is 4.58. The summed E-state index contributed by atoms with van der Waals surface area (Å²) in [5.74, 6) is -0.00167. The summed E-state index contributed by atoms with van der Waals surface area (Å²) in [5.41, 5.74) is 10.9. The lowest BCUT2D eigenvalue weighted by Crippen LogP contribution is -2.14. The fourth-order valence-corrected chi connectivity index (χ4v) is 1.45. The molecule has 1 rings (SSSR count). The molecule has 0 atom stereocenters. The van der Waals surface area contributed by atoms with Gasteiger partial charge in [0.05, 0.1) is 12.2 Å². The van der Waals surface area contributed by atoms with Crippen molar-refractivity contribution in [1.82, 2.24) is 0 Å². The molecule has 15 heavy (non-hydrogen) atoms. The second-order valence-electron chi connectivity index (χ2n) is 3.00. The first kappa shape index (κ1) is 12.0. The van der Waals surface area contributed by atoms with Gasteiger partial charge in [-0.15, -0.1) is 0 Å². The van der Waals surface area contributed by atoms with Crippen LogP contribution in [-0.2, 0) is 0 Å². The first-order valence-electron chi connectivity index (χ1n) is 4.57. The van der Waals surface area contributed by atoms with Crippen LogP contribution < -0.4 is 16.2 Å². The zero-order valence-electron chi connectivity index (χ0n) is 8.20. The lowest BCUT2D eigenvalue weighted by molar-refractivity contribution is 0.0996. The number of primary amides is 1. The number of hydrogen-bond acceptors (Lipinski definition) is 3. The molecule has 4 N–H and O–H groups in total. The molecule has 0 saturated carbocycles. The molecule has 0 saturated heterocycles. The molecule has 0 radical (unpaired) electrons. The highest BCUT2D eigenvalue weighted by Crippen LogP contribution is 2.22. The van der Waals surface area contributed by atoms with Crippen molar-refractivity contribution in [3.8, 4) is 5.75 Å². The third-order valence-electron chi connectivity index (χ3n) is 1.81. The molecule has 0 unspecified atom stereocenters. The van der Waals surface area contributed by atoms with Crippen LogP contribution in [0.1, 0.15) is 16.8 Å². The van der Waals surface area contributed by atoms with Gasteiger partial charge in [-0.3, -0.25) is 4.79 Å². The van der Waals surface area contributed by atoms with E-state index in [-0.39, 0.29) is 0 Å². The van der Waals surface area contributed by atoms with Crippen LogP contribution in [0, 0.1) is 0 Å². The van der Waals surface area contributed by atoms with Crippen LogP contribution in [0.15, 0.2) is 22.7 Å². The number of hydrogen-bond donors (Lipinski definition) is 2. The Hall–Kier alpha value is -1.07. The zero-order valence-corrected chi connectivity index (χ0v) is 9.79. The van der Waals surface area contributed by atoms with Gasteiger partial charge >= 0.3 is 0 Å². The molecular formula is C10H13BrN2O2. The third-order valence-corrected chi connectivity index (χ3v) is 2.31. The Morgan fingerprint density at radius 3 is 2.80 bits per heavy atom. The summed E-state index contributed by atoms with van der Waals surface area (Å²) in [6.45, 7) is 1.04. The minimum absolute atomic E-state index is 0.376. The normalized spacial score (nSPS) is 10.0. The summed E-state index contributed by atoms with van der Waals surface area (Å²) in [5, 5.41) is 0. The summed E-state index contributed by atoms with van der Waals surface area (Å²) >= 11 is 3.26. The van der Waals surface area contributed by atoms with E-state index < -0.39 is 5.91 Å². The minimum Gasteiger partial charge on any atom is -0.493 e. The Bertz CT molecular complexity index is 355. The maximum absolute atomic E-state index is 11.1. The number of amides is 1. The van der Waals surface area contributed by atoms with Crippen molar-refractivity contribution in [3.63, 3.8) is 0 Å². The second-order valence-corrected chi connectivity index (χ2v) is 3.91. The monoisotopic (exact) mass is 272 g/mol. The van der Waals surface area contributed by atoms with E-state index in [1.165, 1.54) is 0 Å². The predicted molar refractivity (Wildman–Crippen MR) is 61.8 cm³/mol. The number of rotatable bonds is 5. The lowest BCUT2D eigenvalue weighted by Gasteiger charge is -2.09. The number of halogens is 1. The average Bonchev–Trinajstić information content (AvgIpc) is 2.20. The third kappa shape index (κ3) is 3.53. The fourth-order valence-electron chi connectivity index (χ4n) is 1.09. The number of carbonyl (C=O) groups is 1. The first-order valence-corrected chi connectivity index (χ1v) is 5.36. The smallest absolute Gasteiger partial charge is 0.252 e. The summed E-state index contributed by atoms with van der Waals surface area (Å²) in [4.78, 5) is 11.1. The topological polar surface area (TPSA) is 78.3 Å². The molecule has 1 aromatic carbocycles. The summed E-state index contributed by atoms with van der Waals surface area (Å²) in [7, 11) is 0. The van der Waals surface area contributed by atoms with Gasteiger partial charge in [0.2, 0.25) is 0 Å². The maximum atomic E-state index is 11.1. The number of carbonyl (C=O) groups excluding carboxylic acids is 1. The van der Waals surface area contributed by atoms with E-state index in [2.05, 4.69) is 15.9 Å². The van der Waals surface area contributed by atoms with E-state index in [4.69, 9.17) is 16.2 Å². The van der Waals surface area contributed by atoms with Crippen LogP contribution in [0.3, 0.4) is 0 Å². The van der Waals surface area contributed by atoms with Crippen molar-refractivity contribution in [2.45, 2.75) is 6.42 Å². The minimum atomic E-state index is -0.501. The van der Waals surface area contributed by atoms with Crippen molar-refractivity contribution in [3.05, 3.63) is 28.2 Å². The highest BCUT2D eigenvalue weighted by atomic mass is 79.9. The molecule has 0 aliphatic heterocycles. The number of ether oxygens (including phenoxy) is 1. The maximum Gasteiger partial charge on any atom is 0.252 e. The standard InChI is InChI=1S/C10H13BrN2O2/c11-7-2-3-9(15-5-1-4-12)8(6-7)10(13)14/h2-3,6H,1,4-5,12H2,(H2,13,14). The van der Waals surface area contributed by atoms with Crippen LogP contribution in [0.5, 0.6) is 5.75 Å². The van der Waals surface area contributed by atoms with E-state index in [9.17, 15) is 4.79 Å². The summed E-state index contributed by atoms with van der Waals surface area (Å²) in [6.07, 6.45) is 0.744. The van der Waals surface area contributed by atoms with Crippen LogP contribution in [0.4, 0.5) is 0 Å². The van der Waals surface area contributed by atoms with Gasteiger partial charge in [-0.1, -0.05) is 15.9 Å². The summed E-state index contributed by atoms with van der Waals surface area (Å²) in [6, 6.07) is 5.14. The predicted octanol–water partition coefficient (Wildman–Crippen LogP) is 1.28. The zero-order chi connectivity index (χ0) is 11.3. The van der Waals surface area contributed by atoms with Crippen LogP contribution in [0.2, 0.25) is 0 Å². The first-order chi connectivity index (χ1) is 7.15. The fraction of sp³-hybridized carbons (Fsp3) is 0.300. The molecule has 1 aromatic rings. The van der Waals surface area contributed by atoms with Crippen molar-refractivity contribution in [2.75, 3.05) is 13.2 Å². The van der Waals surface area contributed by atoms with Gasteiger partial charge in [-0.25, -0.2) is 0 Å². The number of nitrogens with two attached hydrogens (primary N) is 2. The van der Waals surface area contributed by atoms with Gasteiger partial charge in [0.15, 0.2) is 0 Å². The number of benzene rings is 1. The molecule has 0 aliphatic rings. The Morgan fingerprint density at radius 1 is 1.47 bits per heavy atom. The molecule has 5 heteroatoms. The van der Waals surface area contributed by atoms with E-state index in [1.807, 2.05) is 0 Å². The molecule has 0 aromatic heterocycles.